The van der Waals surface area contributed by atoms with E-state index in [1.165, 1.54) is 0 Å². The van der Waals surface area contributed by atoms with Crippen LogP contribution >= 0.6 is 0 Å². The number of alkyl halides is 1. The number of piperidine rings is 1. The largest absolute Gasteiger partial charge is 0.450 e. The van der Waals surface area contributed by atoms with E-state index in [0.29, 0.717) is 26.0 Å². The maximum atomic E-state index is 13.6. The molecule has 0 bridgehead atoms. The fourth-order valence-corrected chi connectivity index (χ4v) is 5.17. The summed E-state index contributed by atoms with van der Waals surface area (Å²) >= 11 is 0. The molecule has 3 heterocycles. The lowest BCUT2D eigenvalue weighted by atomic mass is 9.93. The summed E-state index contributed by atoms with van der Waals surface area (Å²) in [7, 11) is 0. The van der Waals surface area contributed by atoms with Crippen molar-refractivity contribution in [2.24, 2.45) is 0 Å². The molecule has 2 saturated heterocycles. The SMILES string of the molecule is CCOC(=O)N1CC[C@](C)(N2CCC(N3C(=O)CC4=C3C=CC(F)C4)CC2)C1. The topological polar surface area (TPSA) is 53.1 Å². The highest BCUT2D eigenvalue weighted by Gasteiger charge is 2.44. The van der Waals surface area contributed by atoms with Crippen molar-refractivity contribution >= 4 is 12.0 Å². The number of hydrogen-bond acceptors (Lipinski definition) is 4. The molecule has 154 valence electrons. The minimum Gasteiger partial charge on any atom is -0.450 e. The maximum Gasteiger partial charge on any atom is 0.409 e. The molecule has 6 nitrogen and oxygen atoms in total. The molecule has 28 heavy (non-hydrogen) atoms. The van der Waals surface area contributed by atoms with Gasteiger partial charge in [-0.15, -0.1) is 0 Å². The van der Waals surface area contributed by atoms with Crippen LogP contribution in [0.25, 0.3) is 0 Å². The molecule has 4 rings (SSSR count). The van der Waals surface area contributed by atoms with Gasteiger partial charge in [0.2, 0.25) is 5.91 Å². The number of amides is 2. The average molecular weight is 391 g/mol. The Morgan fingerprint density at radius 2 is 2.07 bits per heavy atom. The van der Waals surface area contributed by atoms with E-state index in [4.69, 9.17) is 4.74 Å². The lowest BCUT2D eigenvalue weighted by molar-refractivity contribution is -0.129. The highest BCUT2D eigenvalue weighted by molar-refractivity contribution is 5.86. The molecule has 4 aliphatic rings. The number of rotatable bonds is 3. The summed E-state index contributed by atoms with van der Waals surface area (Å²) < 4.78 is 18.8. The van der Waals surface area contributed by atoms with E-state index < -0.39 is 6.17 Å². The maximum absolute atomic E-state index is 13.6. The Labute approximate surface area is 166 Å². The van der Waals surface area contributed by atoms with Crippen molar-refractivity contribution in [3.05, 3.63) is 23.4 Å². The summed E-state index contributed by atoms with van der Waals surface area (Å²) in [5.74, 6) is 0.114. The Balaban J connectivity index is 1.37. The van der Waals surface area contributed by atoms with Crippen LogP contribution in [0, 0.1) is 0 Å². The predicted octanol–water partition coefficient (Wildman–Crippen LogP) is 2.86. The smallest absolute Gasteiger partial charge is 0.409 e. The number of allylic oxidation sites excluding steroid dienone is 2. The fraction of sp³-hybridized carbons (Fsp3) is 0.714. The average Bonchev–Trinajstić information content (AvgIpc) is 3.22. The molecule has 7 heteroatoms. The van der Waals surface area contributed by atoms with Crippen LogP contribution in [0.15, 0.2) is 23.4 Å². The number of nitrogens with zero attached hydrogens (tertiary/aromatic N) is 3. The van der Waals surface area contributed by atoms with Gasteiger partial charge in [-0.1, -0.05) is 0 Å². The lowest BCUT2D eigenvalue weighted by Gasteiger charge is -2.44. The Bertz CT molecular complexity index is 714. The molecule has 2 fully saturated rings. The van der Waals surface area contributed by atoms with Gasteiger partial charge >= 0.3 is 6.09 Å². The predicted molar refractivity (Wildman–Crippen MR) is 103 cm³/mol. The number of hydrogen-bond donors (Lipinski definition) is 0. The van der Waals surface area contributed by atoms with Gasteiger partial charge in [0.25, 0.3) is 0 Å². The molecular formula is C21H30FN3O3. The zero-order valence-electron chi connectivity index (χ0n) is 16.8. The van der Waals surface area contributed by atoms with Crippen LogP contribution < -0.4 is 0 Å². The second-order valence-corrected chi connectivity index (χ2v) is 8.59. The monoisotopic (exact) mass is 391 g/mol. The van der Waals surface area contributed by atoms with Gasteiger partial charge < -0.3 is 14.5 Å². The van der Waals surface area contributed by atoms with Crippen molar-refractivity contribution in [2.75, 3.05) is 32.8 Å². The molecule has 2 atom stereocenters. The Morgan fingerprint density at radius 1 is 1.32 bits per heavy atom. The van der Waals surface area contributed by atoms with E-state index in [9.17, 15) is 14.0 Å². The van der Waals surface area contributed by atoms with Crippen molar-refractivity contribution in [3.8, 4) is 0 Å². The summed E-state index contributed by atoms with van der Waals surface area (Å²) in [6.45, 7) is 7.67. The normalized spacial score (nSPS) is 31.7. The number of ether oxygens (including phenoxy) is 1. The van der Waals surface area contributed by atoms with Crippen LogP contribution in [0.1, 0.15) is 46.0 Å². The van der Waals surface area contributed by atoms with Gasteiger partial charge in [0.05, 0.1) is 13.0 Å². The summed E-state index contributed by atoms with van der Waals surface area (Å²) in [6.07, 6.45) is 5.67. The fourth-order valence-electron chi connectivity index (χ4n) is 5.17. The van der Waals surface area contributed by atoms with Crippen molar-refractivity contribution in [2.45, 2.75) is 63.7 Å². The standard InChI is InChI=1S/C21H30FN3O3/c1-3-28-20(27)23-11-8-21(2,14-23)24-9-6-17(7-10-24)25-18-5-4-16(22)12-15(18)13-19(25)26/h4-5,16-17H,3,6-14H2,1-2H3/t16?,21-/m0/s1. The molecule has 1 aliphatic carbocycles. The molecule has 0 aromatic carbocycles. The Hall–Kier alpha value is -1.89. The van der Waals surface area contributed by atoms with Crippen LogP contribution in [-0.4, -0.2) is 77.2 Å². The molecule has 0 aromatic heterocycles. The minimum atomic E-state index is -0.960. The number of halogens is 1. The molecule has 0 saturated carbocycles. The van der Waals surface area contributed by atoms with E-state index in [1.807, 2.05) is 11.8 Å². The zero-order valence-corrected chi connectivity index (χ0v) is 16.8. The van der Waals surface area contributed by atoms with Gasteiger partial charge in [-0.25, -0.2) is 9.18 Å². The van der Waals surface area contributed by atoms with Crippen molar-refractivity contribution in [3.63, 3.8) is 0 Å². The Morgan fingerprint density at radius 3 is 2.79 bits per heavy atom. The quantitative estimate of drug-likeness (QED) is 0.742. The first-order valence-electron chi connectivity index (χ1n) is 10.4. The van der Waals surface area contributed by atoms with Crippen LogP contribution in [0.5, 0.6) is 0 Å². The molecule has 0 aromatic rings. The van der Waals surface area contributed by atoms with Gasteiger partial charge in [-0.2, -0.15) is 0 Å². The molecule has 0 spiro atoms. The highest BCUT2D eigenvalue weighted by Crippen LogP contribution is 2.38. The minimum absolute atomic E-state index is 0.0383. The number of carbonyl (C=O) groups excluding carboxylic acids is 2. The molecular weight excluding hydrogens is 361 g/mol. The van der Waals surface area contributed by atoms with Crippen molar-refractivity contribution in [1.29, 1.82) is 0 Å². The van der Waals surface area contributed by atoms with Crippen LogP contribution in [-0.2, 0) is 9.53 Å². The van der Waals surface area contributed by atoms with Crippen molar-refractivity contribution < 1.29 is 18.7 Å². The number of carbonyl (C=O) groups is 2. The third-order valence-electron chi connectivity index (χ3n) is 6.73. The van der Waals surface area contributed by atoms with Crippen LogP contribution in [0.3, 0.4) is 0 Å². The van der Waals surface area contributed by atoms with Gasteiger partial charge in [-0.3, -0.25) is 9.69 Å². The van der Waals surface area contributed by atoms with Gasteiger partial charge in [0.1, 0.15) is 6.17 Å². The van der Waals surface area contributed by atoms with Gasteiger partial charge in [-0.05, 0) is 50.8 Å². The van der Waals surface area contributed by atoms with E-state index in [0.717, 1.165) is 50.2 Å². The van der Waals surface area contributed by atoms with Crippen molar-refractivity contribution in [1.82, 2.24) is 14.7 Å². The second-order valence-electron chi connectivity index (χ2n) is 8.59. The third-order valence-corrected chi connectivity index (χ3v) is 6.73. The van der Waals surface area contributed by atoms with E-state index >= 15 is 0 Å². The molecule has 0 N–H and O–H groups in total. The molecule has 1 unspecified atom stereocenters. The van der Waals surface area contributed by atoms with Crippen LogP contribution in [0.2, 0.25) is 0 Å². The molecule has 0 radical (unpaired) electrons. The van der Waals surface area contributed by atoms with E-state index in [1.54, 1.807) is 17.1 Å². The summed E-state index contributed by atoms with van der Waals surface area (Å²) in [4.78, 5) is 30.8. The molecule has 2 amide bonds. The Kier molecular flexibility index (Phi) is 5.21. The van der Waals surface area contributed by atoms with E-state index in [-0.39, 0.29) is 23.6 Å². The van der Waals surface area contributed by atoms with Gasteiger partial charge in [0, 0.05) is 49.9 Å². The first kappa shape index (κ1) is 19.4. The summed E-state index contributed by atoms with van der Waals surface area (Å²) in [6, 6.07) is 0.184. The zero-order chi connectivity index (χ0) is 19.9. The summed E-state index contributed by atoms with van der Waals surface area (Å²) in [5.41, 5.74) is 1.86. The third kappa shape index (κ3) is 3.45. The first-order chi connectivity index (χ1) is 13.4. The van der Waals surface area contributed by atoms with E-state index in [2.05, 4.69) is 11.8 Å². The van der Waals surface area contributed by atoms with Gasteiger partial charge in [0.15, 0.2) is 0 Å². The van der Waals surface area contributed by atoms with Crippen LogP contribution in [0.4, 0.5) is 9.18 Å². The second kappa shape index (κ2) is 7.50. The highest BCUT2D eigenvalue weighted by atomic mass is 19.1. The number of likely N-dealkylation sites (tertiary alicyclic amines) is 2. The summed E-state index contributed by atoms with van der Waals surface area (Å²) in [5, 5.41) is 0. The molecule has 3 aliphatic heterocycles. The first-order valence-corrected chi connectivity index (χ1v) is 10.4. The lowest BCUT2D eigenvalue weighted by Crippen LogP contribution is -2.55.